The van der Waals surface area contributed by atoms with Crippen LogP contribution in [0.2, 0.25) is 0 Å². The van der Waals surface area contributed by atoms with Crippen molar-refractivity contribution >= 4 is 28.3 Å². The highest BCUT2D eigenvalue weighted by Crippen LogP contribution is 2.44. The molecule has 0 radical (unpaired) electrons. The smallest absolute Gasteiger partial charge is 0.161 e. The molecule has 1 unspecified atom stereocenters. The van der Waals surface area contributed by atoms with Gasteiger partial charge in [0.25, 0.3) is 0 Å². The van der Waals surface area contributed by atoms with Crippen molar-refractivity contribution < 1.29 is 4.79 Å². The van der Waals surface area contributed by atoms with Crippen molar-refractivity contribution in [3.05, 3.63) is 59.3 Å². The third-order valence-corrected chi connectivity index (χ3v) is 5.07. The minimum Gasteiger partial charge on any atom is -0.329 e. The van der Waals surface area contributed by atoms with Gasteiger partial charge in [0, 0.05) is 23.1 Å². The first kappa shape index (κ1) is 15.7. The van der Waals surface area contributed by atoms with E-state index in [0.29, 0.717) is 12.0 Å². The molecule has 4 rings (SSSR count). The molecule has 0 aliphatic carbocycles. The van der Waals surface area contributed by atoms with Crippen LogP contribution in [-0.4, -0.2) is 11.8 Å². The molecule has 0 N–H and O–H groups in total. The van der Waals surface area contributed by atoms with Gasteiger partial charge < -0.3 is 4.90 Å². The lowest BCUT2D eigenvalue weighted by Crippen LogP contribution is -2.43. The number of rotatable bonds is 1. The van der Waals surface area contributed by atoms with Gasteiger partial charge in [-0.15, -0.1) is 0 Å². The van der Waals surface area contributed by atoms with Crippen molar-refractivity contribution in [2.45, 2.75) is 33.2 Å². The van der Waals surface area contributed by atoms with Crippen LogP contribution in [0.4, 0.5) is 5.69 Å². The van der Waals surface area contributed by atoms with E-state index in [1.807, 2.05) is 39.0 Å². The van der Waals surface area contributed by atoms with Crippen molar-refractivity contribution in [1.82, 2.24) is 0 Å². The highest BCUT2D eigenvalue weighted by atomic mass is 16.1. The minimum atomic E-state index is -0.446. The van der Waals surface area contributed by atoms with E-state index in [0.717, 1.165) is 16.9 Å². The molecule has 3 nitrogen and oxygen atoms in total. The molecule has 25 heavy (non-hydrogen) atoms. The zero-order valence-corrected chi connectivity index (χ0v) is 14.7. The molecule has 0 fully saturated rings. The summed E-state index contributed by atoms with van der Waals surface area (Å²) in [6, 6.07) is 14.4. The molecule has 0 spiro atoms. The van der Waals surface area contributed by atoms with Gasteiger partial charge in [0.1, 0.15) is 0 Å². The van der Waals surface area contributed by atoms with E-state index >= 15 is 0 Å². The summed E-state index contributed by atoms with van der Waals surface area (Å²) in [6.45, 7) is 5.83. The van der Waals surface area contributed by atoms with E-state index in [1.165, 1.54) is 10.8 Å². The topological polar surface area (TPSA) is 44.1 Å². The predicted octanol–water partition coefficient (Wildman–Crippen LogP) is 4.84. The van der Waals surface area contributed by atoms with Crippen molar-refractivity contribution in [2.75, 3.05) is 4.90 Å². The first-order valence-electron chi connectivity index (χ1n) is 8.58. The van der Waals surface area contributed by atoms with Crippen LogP contribution in [0.3, 0.4) is 0 Å². The summed E-state index contributed by atoms with van der Waals surface area (Å²) in [4.78, 5) is 15.1. The Balaban J connectivity index is 1.93. The number of nitriles is 1. The lowest BCUT2D eigenvalue weighted by atomic mass is 9.84. The third-order valence-electron chi connectivity index (χ3n) is 5.07. The van der Waals surface area contributed by atoms with E-state index in [2.05, 4.69) is 41.3 Å². The number of fused-ring (bicyclic) bond motifs is 5. The molecule has 0 bridgehead atoms. The Morgan fingerprint density at radius 3 is 2.64 bits per heavy atom. The number of ketones is 1. The standard InChI is InChI=1S/C22H20N2O/c1-22(2,3)21(25)20-12-15(13-23)18-11-9-17-16-7-5-4-6-14(16)8-10-19(17)24(18)20/h4-11,20H,12H2,1-3H3. The van der Waals surface area contributed by atoms with Crippen LogP contribution in [-0.2, 0) is 4.79 Å². The van der Waals surface area contributed by atoms with Crippen LogP contribution < -0.4 is 4.90 Å². The van der Waals surface area contributed by atoms with Crippen LogP contribution in [0.5, 0.6) is 0 Å². The Hall–Kier alpha value is -2.86. The van der Waals surface area contributed by atoms with Crippen LogP contribution in [0.1, 0.15) is 32.8 Å². The molecular weight excluding hydrogens is 308 g/mol. The SMILES string of the molecule is CC(C)(C)C(=O)C1CC(C#N)=C2C=Cc3c(ccc4ccccc34)N21. The van der Waals surface area contributed by atoms with E-state index in [-0.39, 0.29) is 11.8 Å². The highest BCUT2D eigenvalue weighted by Gasteiger charge is 2.42. The number of hydrogen-bond acceptors (Lipinski definition) is 3. The van der Waals surface area contributed by atoms with Crippen molar-refractivity contribution in [3.8, 4) is 6.07 Å². The molecule has 2 aromatic rings. The van der Waals surface area contributed by atoms with Gasteiger partial charge in [-0.2, -0.15) is 5.26 Å². The molecule has 0 saturated carbocycles. The first-order valence-corrected chi connectivity index (χ1v) is 8.58. The molecule has 1 atom stereocenters. The second-order valence-corrected chi connectivity index (χ2v) is 7.73. The van der Waals surface area contributed by atoms with Gasteiger partial charge in [-0.3, -0.25) is 4.79 Å². The average Bonchev–Trinajstić information content (AvgIpc) is 2.98. The fourth-order valence-electron chi connectivity index (χ4n) is 3.83. The largest absolute Gasteiger partial charge is 0.329 e. The summed E-state index contributed by atoms with van der Waals surface area (Å²) in [6.07, 6.45) is 4.55. The summed E-state index contributed by atoms with van der Waals surface area (Å²) in [5.41, 5.74) is 3.25. The van der Waals surface area contributed by atoms with Crippen molar-refractivity contribution in [3.63, 3.8) is 0 Å². The lowest BCUT2D eigenvalue weighted by Gasteiger charge is -2.35. The number of allylic oxidation sites excluding steroid dienone is 1. The maximum Gasteiger partial charge on any atom is 0.161 e. The van der Waals surface area contributed by atoms with Gasteiger partial charge in [-0.05, 0) is 22.9 Å². The Morgan fingerprint density at radius 1 is 1.16 bits per heavy atom. The maximum absolute atomic E-state index is 13.1. The van der Waals surface area contributed by atoms with Crippen molar-refractivity contribution in [2.24, 2.45) is 5.41 Å². The number of Topliss-reactive ketones (excluding diaryl/α,β-unsaturated/α-hetero) is 1. The molecule has 2 aromatic carbocycles. The van der Waals surface area contributed by atoms with Crippen LogP contribution >= 0.6 is 0 Å². The van der Waals surface area contributed by atoms with E-state index < -0.39 is 5.41 Å². The fourth-order valence-corrected chi connectivity index (χ4v) is 3.83. The average molecular weight is 328 g/mol. The van der Waals surface area contributed by atoms with E-state index in [9.17, 15) is 10.1 Å². The number of carbonyl (C=O) groups excluding carboxylic acids is 1. The van der Waals surface area contributed by atoms with Gasteiger partial charge in [-0.25, -0.2) is 0 Å². The van der Waals surface area contributed by atoms with Gasteiger partial charge in [-0.1, -0.05) is 57.2 Å². The Morgan fingerprint density at radius 2 is 1.92 bits per heavy atom. The predicted molar refractivity (Wildman–Crippen MR) is 101 cm³/mol. The molecule has 3 heteroatoms. The molecule has 2 aliphatic heterocycles. The number of hydrogen-bond donors (Lipinski definition) is 0. The van der Waals surface area contributed by atoms with Crippen LogP contribution in [0, 0.1) is 16.7 Å². The number of anilines is 1. The highest BCUT2D eigenvalue weighted by molar-refractivity contribution is 6.02. The van der Waals surface area contributed by atoms with Gasteiger partial charge in [0.05, 0.1) is 23.4 Å². The molecule has 124 valence electrons. The van der Waals surface area contributed by atoms with Crippen LogP contribution in [0.25, 0.3) is 16.8 Å². The molecule has 2 heterocycles. The molecule has 0 saturated heterocycles. The summed E-state index contributed by atoms with van der Waals surface area (Å²) in [7, 11) is 0. The zero-order chi connectivity index (χ0) is 17.8. The van der Waals surface area contributed by atoms with E-state index in [1.54, 1.807) is 0 Å². The van der Waals surface area contributed by atoms with Gasteiger partial charge >= 0.3 is 0 Å². The second-order valence-electron chi connectivity index (χ2n) is 7.73. The zero-order valence-electron chi connectivity index (χ0n) is 14.7. The Kier molecular flexibility index (Phi) is 3.33. The molecule has 2 aliphatic rings. The number of carbonyl (C=O) groups is 1. The molecule has 0 amide bonds. The third kappa shape index (κ3) is 2.29. The maximum atomic E-state index is 13.1. The normalized spacial score (nSPS) is 19.0. The second kappa shape index (κ2) is 5.32. The monoisotopic (exact) mass is 328 g/mol. The molecular formula is C22H20N2O. The Labute approximate surface area is 147 Å². The Bertz CT molecular complexity index is 999. The van der Waals surface area contributed by atoms with Gasteiger partial charge in [0.2, 0.25) is 0 Å². The fraction of sp³-hybridized carbons (Fsp3) is 0.273. The van der Waals surface area contributed by atoms with Crippen molar-refractivity contribution in [1.29, 1.82) is 5.26 Å². The summed E-state index contributed by atoms with van der Waals surface area (Å²) < 4.78 is 0. The minimum absolute atomic E-state index is 0.171. The quantitative estimate of drug-likeness (QED) is 0.752. The number of nitrogens with zero attached hydrogens (tertiary/aromatic N) is 2. The number of benzene rings is 2. The summed E-state index contributed by atoms with van der Waals surface area (Å²) in [5.74, 6) is 0.171. The lowest BCUT2D eigenvalue weighted by molar-refractivity contribution is -0.127. The van der Waals surface area contributed by atoms with E-state index in [4.69, 9.17) is 0 Å². The van der Waals surface area contributed by atoms with Gasteiger partial charge in [0.15, 0.2) is 5.78 Å². The summed E-state index contributed by atoms with van der Waals surface area (Å²) >= 11 is 0. The molecule has 0 aromatic heterocycles. The first-order chi connectivity index (χ1) is 11.9. The summed E-state index contributed by atoms with van der Waals surface area (Å²) in [5, 5.41) is 11.9. The van der Waals surface area contributed by atoms with Crippen LogP contribution in [0.15, 0.2) is 53.7 Å².